The summed E-state index contributed by atoms with van der Waals surface area (Å²) in [5.41, 5.74) is 2.79. The van der Waals surface area contributed by atoms with Crippen LogP contribution in [0, 0.1) is 12.7 Å². The molecule has 2 aromatic carbocycles. The Hall–Kier alpha value is -2.65. The number of hydrogen-bond acceptors (Lipinski definition) is 7. The van der Waals surface area contributed by atoms with Crippen LogP contribution in [0.25, 0.3) is 0 Å². The molecule has 0 atom stereocenters. The normalized spacial score (nSPS) is 10.6. The van der Waals surface area contributed by atoms with Crippen molar-refractivity contribution in [3.8, 4) is 5.75 Å². The smallest absolute Gasteiger partial charge is 0.233 e. The van der Waals surface area contributed by atoms with Gasteiger partial charge >= 0.3 is 0 Å². The van der Waals surface area contributed by atoms with Crippen molar-refractivity contribution < 1.29 is 13.9 Å². The lowest BCUT2D eigenvalue weighted by Gasteiger charge is -2.17. The molecule has 29 heavy (non-hydrogen) atoms. The van der Waals surface area contributed by atoms with Crippen LogP contribution in [0.4, 0.5) is 15.2 Å². The second-order valence-corrected chi connectivity index (χ2v) is 8.52. The molecule has 1 aromatic heterocycles. The molecule has 152 valence electrons. The molecule has 0 saturated carbocycles. The van der Waals surface area contributed by atoms with Gasteiger partial charge in [0.2, 0.25) is 11.0 Å². The molecular formula is C20H21FN4O2S2. The summed E-state index contributed by atoms with van der Waals surface area (Å²) < 4.78 is 19.4. The van der Waals surface area contributed by atoms with Gasteiger partial charge in [-0.3, -0.25) is 4.79 Å². The minimum absolute atomic E-state index is 0.0742. The molecule has 0 unspecified atom stereocenters. The van der Waals surface area contributed by atoms with Crippen LogP contribution in [0.1, 0.15) is 11.1 Å². The van der Waals surface area contributed by atoms with Crippen LogP contribution in [0.15, 0.2) is 46.8 Å². The largest absolute Gasteiger partial charge is 0.494 e. The highest BCUT2D eigenvalue weighted by Crippen LogP contribution is 2.29. The molecule has 3 aromatic rings. The maximum atomic E-state index is 13.8. The number of para-hydroxylation sites is 1. The van der Waals surface area contributed by atoms with E-state index < -0.39 is 5.82 Å². The molecule has 0 aliphatic heterocycles. The van der Waals surface area contributed by atoms with E-state index in [4.69, 9.17) is 4.74 Å². The number of nitrogens with one attached hydrogen (secondary N) is 1. The number of benzene rings is 2. The first-order chi connectivity index (χ1) is 14.0. The van der Waals surface area contributed by atoms with Crippen molar-refractivity contribution in [2.45, 2.75) is 17.8 Å². The van der Waals surface area contributed by atoms with E-state index in [1.165, 1.54) is 36.3 Å². The molecule has 0 aliphatic rings. The average molecular weight is 433 g/mol. The van der Waals surface area contributed by atoms with Crippen LogP contribution in [-0.2, 0) is 11.3 Å². The third-order valence-electron chi connectivity index (χ3n) is 4.17. The van der Waals surface area contributed by atoms with Gasteiger partial charge in [-0.1, -0.05) is 47.4 Å². The quantitative estimate of drug-likeness (QED) is 0.529. The third kappa shape index (κ3) is 5.68. The Bertz CT molecular complexity index is 996. The van der Waals surface area contributed by atoms with Gasteiger partial charge in [-0.2, -0.15) is 0 Å². The van der Waals surface area contributed by atoms with Gasteiger partial charge in [0.1, 0.15) is 0 Å². The molecule has 0 spiro atoms. The van der Waals surface area contributed by atoms with Crippen LogP contribution in [0.2, 0.25) is 0 Å². The number of ether oxygens (including phenoxy) is 1. The number of carbonyl (C=O) groups is 1. The number of rotatable bonds is 8. The van der Waals surface area contributed by atoms with E-state index in [0.29, 0.717) is 21.6 Å². The predicted octanol–water partition coefficient (Wildman–Crippen LogP) is 4.49. The van der Waals surface area contributed by atoms with E-state index in [0.717, 1.165) is 11.3 Å². The Labute approximate surface area is 177 Å². The van der Waals surface area contributed by atoms with Gasteiger partial charge in [-0.15, -0.1) is 10.2 Å². The zero-order chi connectivity index (χ0) is 20.8. The summed E-state index contributed by atoms with van der Waals surface area (Å²) in [5.74, 6) is -0.101. The van der Waals surface area contributed by atoms with Crippen molar-refractivity contribution in [1.82, 2.24) is 15.1 Å². The Morgan fingerprint density at radius 1 is 1.28 bits per heavy atom. The average Bonchev–Trinajstić information content (AvgIpc) is 3.15. The highest BCUT2D eigenvalue weighted by atomic mass is 32.2. The maximum Gasteiger partial charge on any atom is 0.233 e. The fourth-order valence-electron chi connectivity index (χ4n) is 2.55. The molecule has 1 N–H and O–H groups in total. The van der Waals surface area contributed by atoms with Crippen LogP contribution < -0.4 is 10.1 Å². The lowest BCUT2D eigenvalue weighted by atomic mass is 10.2. The molecule has 0 fully saturated rings. The van der Waals surface area contributed by atoms with Gasteiger partial charge in [0.05, 0.1) is 12.9 Å². The monoisotopic (exact) mass is 432 g/mol. The molecule has 0 aliphatic carbocycles. The number of nitrogens with zero attached hydrogens (tertiary/aromatic N) is 3. The lowest BCUT2D eigenvalue weighted by molar-refractivity contribution is -0.127. The van der Waals surface area contributed by atoms with E-state index in [1.807, 2.05) is 31.2 Å². The third-order valence-corrected chi connectivity index (χ3v) is 6.13. The zero-order valence-electron chi connectivity index (χ0n) is 16.3. The van der Waals surface area contributed by atoms with Gasteiger partial charge in [-0.05, 0) is 36.2 Å². The number of methoxy groups -OCH3 is 1. The second kappa shape index (κ2) is 9.71. The summed E-state index contributed by atoms with van der Waals surface area (Å²) in [4.78, 5) is 14.0. The van der Waals surface area contributed by atoms with Gasteiger partial charge in [0.25, 0.3) is 0 Å². The molecular weight excluding hydrogens is 411 g/mol. The molecule has 0 radical (unpaired) electrons. The molecule has 3 rings (SSSR count). The molecule has 9 heteroatoms. The van der Waals surface area contributed by atoms with Crippen LogP contribution in [0.3, 0.4) is 0 Å². The highest BCUT2D eigenvalue weighted by Gasteiger charge is 2.14. The Morgan fingerprint density at radius 2 is 2.07 bits per heavy atom. The number of carbonyl (C=O) groups excluding carboxylic acids is 1. The maximum absolute atomic E-state index is 13.8. The minimum atomic E-state index is -0.442. The van der Waals surface area contributed by atoms with Gasteiger partial charge in [0.15, 0.2) is 15.9 Å². The van der Waals surface area contributed by atoms with Crippen molar-refractivity contribution >= 4 is 39.8 Å². The summed E-state index contributed by atoms with van der Waals surface area (Å²) in [6.07, 6.45) is 0. The summed E-state index contributed by atoms with van der Waals surface area (Å²) >= 11 is 2.73. The number of anilines is 2. The SMILES string of the molecule is COc1ccc(CN(C)C(=O)CSc2nnc(Nc3ccccc3C)s2)cc1F. The summed E-state index contributed by atoms with van der Waals surface area (Å²) in [6, 6.07) is 12.6. The van der Waals surface area contributed by atoms with E-state index in [-0.39, 0.29) is 17.4 Å². The number of amides is 1. The predicted molar refractivity (Wildman–Crippen MR) is 115 cm³/mol. The van der Waals surface area contributed by atoms with E-state index >= 15 is 0 Å². The number of halogens is 1. The Balaban J connectivity index is 1.52. The van der Waals surface area contributed by atoms with E-state index in [2.05, 4.69) is 15.5 Å². The topological polar surface area (TPSA) is 67.3 Å². The van der Waals surface area contributed by atoms with Gasteiger partial charge < -0.3 is 15.0 Å². The number of aryl methyl sites for hydroxylation is 1. The fourth-order valence-corrected chi connectivity index (χ4v) is 4.26. The van der Waals surface area contributed by atoms with Gasteiger partial charge in [-0.25, -0.2) is 4.39 Å². The van der Waals surface area contributed by atoms with Crippen molar-refractivity contribution in [3.05, 3.63) is 59.4 Å². The number of hydrogen-bond donors (Lipinski definition) is 1. The summed E-state index contributed by atoms with van der Waals surface area (Å²) in [5, 5.41) is 12.2. The second-order valence-electron chi connectivity index (χ2n) is 6.32. The standard InChI is InChI=1S/C20H21FN4O2S2/c1-13-6-4-5-7-16(13)22-19-23-24-20(29-19)28-12-18(26)25(2)11-14-8-9-17(27-3)15(21)10-14/h4-10H,11-12H2,1-3H3,(H,22,23). The van der Waals surface area contributed by atoms with Crippen molar-refractivity contribution in [3.63, 3.8) is 0 Å². The van der Waals surface area contributed by atoms with Gasteiger partial charge in [0, 0.05) is 19.3 Å². The molecule has 0 bridgehead atoms. The van der Waals surface area contributed by atoms with Crippen LogP contribution >= 0.6 is 23.1 Å². The fraction of sp³-hybridized carbons (Fsp3) is 0.250. The van der Waals surface area contributed by atoms with Crippen LogP contribution in [0.5, 0.6) is 5.75 Å². The number of thioether (sulfide) groups is 1. The molecule has 1 heterocycles. The number of aromatic nitrogens is 2. The summed E-state index contributed by atoms with van der Waals surface area (Å²) in [7, 11) is 3.11. The highest BCUT2D eigenvalue weighted by molar-refractivity contribution is 8.01. The van der Waals surface area contributed by atoms with Crippen LogP contribution in [-0.4, -0.2) is 40.9 Å². The molecule has 6 nitrogen and oxygen atoms in total. The van der Waals surface area contributed by atoms with E-state index in [1.54, 1.807) is 24.1 Å². The first-order valence-electron chi connectivity index (χ1n) is 8.81. The summed E-state index contributed by atoms with van der Waals surface area (Å²) in [6.45, 7) is 2.33. The first-order valence-corrected chi connectivity index (χ1v) is 10.6. The zero-order valence-corrected chi connectivity index (χ0v) is 17.9. The Kier molecular flexibility index (Phi) is 7.05. The first kappa shape index (κ1) is 21.1. The lowest BCUT2D eigenvalue weighted by Crippen LogP contribution is -2.27. The molecule has 1 amide bonds. The Morgan fingerprint density at radius 3 is 2.79 bits per heavy atom. The van der Waals surface area contributed by atoms with Crippen molar-refractivity contribution in [1.29, 1.82) is 0 Å². The van der Waals surface area contributed by atoms with E-state index in [9.17, 15) is 9.18 Å². The molecule has 0 saturated heterocycles. The van der Waals surface area contributed by atoms with Crippen molar-refractivity contribution in [2.24, 2.45) is 0 Å². The van der Waals surface area contributed by atoms with Crippen molar-refractivity contribution in [2.75, 3.05) is 25.2 Å². The minimum Gasteiger partial charge on any atom is -0.494 e.